The van der Waals surface area contributed by atoms with Crippen LogP contribution in [-0.4, -0.2) is 51.1 Å². The summed E-state index contributed by atoms with van der Waals surface area (Å²) in [7, 11) is 0. The SMILES string of the molecule is O=C(OCCC(CO)(CO)CO)C(S)(S)S. The molecule has 0 rings (SSSR count). The monoisotopic (exact) mass is 288 g/mol. The molecule has 5 nitrogen and oxygen atoms in total. The zero-order valence-electron chi connectivity index (χ0n) is 8.54. The summed E-state index contributed by atoms with van der Waals surface area (Å²) in [5, 5.41) is 27.0. The lowest BCUT2D eigenvalue weighted by molar-refractivity contribution is -0.143. The van der Waals surface area contributed by atoms with Gasteiger partial charge in [0.1, 0.15) is 0 Å². The van der Waals surface area contributed by atoms with Crippen LogP contribution < -0.4 is 0 Å². The molecule has 0 bridgehead atoms. The molecule has 0 spiro atoms. The lowest BCUT2D eigenvalue weighted by Gasteiger charge is -2.27. The molecule has 0 aromatic rings. The Kier molecular flexibility index (Phi) is 7.15. The predicted molar refractivity (Wildman–Crippen MR) is 69.0 cm³/mol. The molecule has 8 heteroatoms. The van der Waals surface area contributed by atoms with Crippen LogP contribution in [0, 0.1) is 5.41 Å². The summed E-state index contributed by atoms with van der Waals surface area (Å²) in [4.78, 5) is 11.2. The van der Waals surface area contributed by atoms with E-state index < -0.39 is 34.6 Å². The van der Waals surface area contributed by atoms with Crippen molar-refractivity contribution >= 4 is 43.9 Å². The molecular formula is C8H16O5S3. The second kappa shape index (κ2) is 6.97. The summed E-state index contributed by atoms with van der Waals surface area (Å²) in [6, 6.07) is 0. The summed E-state index contributed by atoms with van der Waals surface area (Å²) in [6.07, 6.45) is 0.133. The quantitative estimate of drug-likeness (QED) is 0.212. The van der Waals surface area contributed by atoms with Gasteiger partial charge in [-0.05, 0) is 6.42 Å². The maximum Gasteiger partial charge on any atom is 0.342 e. The van der Waals surface area contributed by atoms with Gasteiger partial charge in [0, 0.05) is 5.41 Å². The number of carbonyl (C=O) groups excluding carboxylic acids is 1. The van der Waals surface area contributed by atoms with Crippen molar-refractivity contribution in [2.45, 2.75) is 9.83 Å². The number of esters is 1. The molecule has 0 fully saturated rings. The van der Waals surface area contributed by atoms with Crippen LogP contribution in [0.5, 0.6) is 0 Å². The fourth-order valence-electron chi connectivity index (χ4n) is 0.844. The molecule has 0 aliphatic carbocycles. The van der Waals surface area contributed by atoms with E-state index in [1.807, 2.05) is 0 Å². The molecule has 0 aliphatic rings. The van der Waals surface area contributed by atoms with E-state index in [9.17, 15) is 4.79 Å². The predicted octanol–water partition coefficient (Wildman–Crippen LogP) is -0.674. The molecule has 0 unspecified atom stereocenters. The highest BCUT2D eigenvalue weighted by molar-refractivity contribution is 8.18. The van der Waals surface area contributed by atoms with E-state index >= 15 is 0 Å². The lowest BCUT2D eigenvalue weighted by Crippen LogP contribution is -2.36. The van der Waals surface area contributed by atoms with Crippen LogP contribution >= 0.6 is 37.9 Å². The molecule has 16 heavy (non-hydrogen) atoms. The number of hydrogen-bond donors (Lipinski definition) is 6. The van der Waals surface area contributed by atoms with Gasteiger partial charge in [-0.2, -0.15) is 0 Å². The van der Waals surface area contributed by atoms with Gasteiger partial charge in [-0.1, -0.05) is 0 Å². The Morgan fingerprint density at radius 3 is 1.81 bits per heavy atom. The molecule has 0 aliphatic heterocycles. The van der Waals surface area contributed by atoms with E-state index in [0.717, 1.165) is 0 Å². The van der Waals surface area contributed by atoms with Gasteiger partial charge >= 0.3 is 5.97 Å². The number of rotatable bonds is 7. The van der Waals surface area contributed by atoms with E-state index in [4.69, 9.17) is 20.1 Å². The van der Waals surface area contributed by atoms with Crippen molar-refractivity contribution in [1.29, 1.82) is 0 Å². The molecule has 0 aromatic carbocycles. The number of aliphatic hydroxyl groups excluding tert-OH is 3. The number of aliphatic hydroxyl groups is 3. The molecule has 0 heterocycles. The first-order valence-electron chi connectivity index (χ1n) is 4.48. The first-order valence-corrected chi connectivity index (χ1v) is 5.82. The van der Waals surface area contributed by atoms with Crippen LogP contribution in [0.3, 0.4) is 0 Å². The molecule has 0 aromatic heterocycles. The minimum Gasteiger partial charge on any atom is -0.463 e. The van der Waals surface area contributed by atoms with Crippen LogP contribution in [-0.2, 0) is 9.53 Å². The Bertz CT molecular complexity index is 216. The van der Waals surface area contributed by atoms with Gasteiger partial charge in [-0.3, -0.25) is 0 Å². The zero-order valence-corrected chi connectivity index (χ0v) is 11.2. The Morgan fingerprint density at radius 2 is 1.50 bits per heavy atom. The summed E-state index contributed by atoms with van der Waals surface area (Å²) in [5.74, 6) is -0.745. The Labute approximate surface area is 110 Å². The van der Waals surface area contributed by atoms with E-state index in [1.165, 1.54) is 0 Å². The normalized spacial score (nSPS) is 12.6. The van der Waals surface area contributed by atoms with Gasteiger partial charge in [0.25, 0.3) is 0 Å². The summed E-state index contributed by atoms with van der Waals surface area (Å²) >= 11 is 11.3. The third-order valence-corrected chi connectivity index (χ3v) is 2.69. The first kappa shape index (κ1) is 16.4. The molecule has 0 radical (unpaired) electrons. The maximum absolute atomic E-state index is 11.2. The fourth-order valence-corrected chi connectivity index (χ4v) is 1.04. The molecule has 0 saturated carbocycles. The molecular weight excluding hydrogens is 272 g/mol. The molecule has 0 saturated heterocycles. The van der Waals surface area contributed by atoms with Crippen LogP contribution in [0.4, 0.5) is 0 Å². The largest absolute Gasteiger partial charge is 0.463 e. The Balaban J connectivity index is 4.11. The van der Waals surface area contributed by atoms with Gasteiger partial charge in [-0.15, -0.1) is 37.9 Å². The van der Waals surface area contributed by atoms with Crippen LogP contribution in [0.15, 0.2) is 0 Å². The maximum atomic E-state index is 11.2. The minimum absolute atomic E-state index is 0.0655. The number of hydrogen-bond acceptors (Lipinski definition) is 8. The van der Waals surface area contributed by atoms with Gasteiger partial charge in [0.2, 0.25) is 0 Å². The van der Waals surface area contributed by atoms with Crippen molar-refractivity contribution in [2.24, 2.45) is 5.41 Å². The molecule has 0 atom stereocenters. The van der Waals surface area contributed by atoms with E-state index in [-0.39, 0.29) is 13.0 Å². The summed E-state index contributed by atoms with van der Waals surface area (Å²) < 4.78 is 3.28. The van der Waals surface area contributed by atoms with Crippen LogP contribution in [0.2, 0.25) is 0 Å². The van der Waals surface area contributed by atoms with E-state index in [0.29, 0.717) is 0 Å². The number of ether oxygens (including phenoxy) is 1. The second-order valence-corrected chi connectivity index (χ2v) is 6.57. The van der Waals surface area contributed by atoms with Crippen LogP contribution in [0.25, 0.3) is 0 Å². The third-order valence-electron chi connectivity index (χ3n) is 2.15. The van der Waals surface area contributed by atoms with Crippen molar-refractivity contribution in [3.63, 3.8) is 0 Å². The highest BCUT2D eigenvalue weighted by Crippen LogP contribution is 2.26. The van der Waals surface area contributed by atoms with Gasteiger partial charge in [-0.25, -0.2) is 4.79 Å². The Morgan fingerprint density at radius 1 is 1.06 bits per heavy atom. The number of carbonyl (C=O) groups is 1. The van der Waals surface area contributed by atoms with Gasteiger partial charge in [0.15, 0.2) is 3.41 Å². The summed E-state index contributed by atoms with van der Waals surface area (Å²) in [5.41, 5.74) is -1.05. The molecule has 0 amide bonds. The number of thiol groups is 3. The van der Waals surface area contributed by atoms with E-state index in [2.05, 4.69) is 37.9 Å². The molecule has 96 valence electrons. The van der Waals surface area contributed by atoms with Crippen molar-refractivity contribution in [3.8, 4) is 0 Å². The van der Waals surface area contributed by atoms with Crippen molar-refractivity contribution < 1.29 is 24.9 Å². The van der Waals surface area contributed by atoms with Gasteiger partial charge < -0.3 is 20.1 Å². The Hall–Kier alpha value is 0.400. The van der Waals surface area contributed by atoms with Crippen molar-refractivity contribution in [1.82, 2.24) is 0 Å². The van der Waals surface area contributed by atoms with E-state index in [1.54, 1.807) is 0 Å². The highest BCUT2D eigenvalue weighted by atomic mass is 32.2. The molecule has 3 N–H and O–H groups in total. The lowest BCUT2D eigenvalue weighted by atomic mass is 9.88. The van der Waals surface area contributed by atoms with Crippen molar-refractivity contribution in [3.05, 3.63) is 0 Å². The van der Waals surface area contributed by atoms with Gasteiger partial charge in [0.05, 0.1) is 26.4 Å². The highest BCUT2D eigenvalue weighted by Gasteiger charge is 2.31. The van der Waals surface area contributed by atoms with Crippen LogP contribution in [0.1, 0.15) is 6.42 Å². The standard InChI is InChI=1S/C8H16O5S3/c9-3-7(4-10,5-11)1-2-13-6(12)8(14,15)16/h9-11,14-16H,1-5H2. The fraction of sp³-hybridized carbons (Fsp3) is 0.875. The third kappa shape index (κ3) is 5.15. The average Bonchev–Trinajstić information content (AvgIpc) is 2.23. The summed E-state index contributed by atoms with van der Waals surface area (Å²) in [6.45, 7) is -1.26. The smallest absolute Gasteiger partial charge is 0.342 e. The topological polar surface area (TPSA) is 87.0 Å². The zero-order chi connectivity index (χ0) is 12.8. The second-order valence-electron chi connectivity index (χ2n) is 3.50. The minimum atomic E-state index is -1.49. The average molecular weight is 288 g/mol. The first-order chi connectivity index (χ1) is 7.31. The van der Waals surface area contributed by atoms with Crippen molar-refractivity contribution in [2.75, 3.05) is 26.4 Å².